The average molecular weight is 667 g/mol. The van der Waals surface area contributed by atoms with Crippen LogP contribution >= 0.6 is 0 Å². The van der Waals surface area contributed by atoms with Gasteiger partial charge < -0.3 is 19.0 Å². The zero-order valence-corrected chi connectivity index (χ0v) is 28.5. The molecule has 0 amide bonds. The van der Waals surface area contributed by atoms with Gasteiger partial charge in [0.1, 0.15) is 22.7 Å². The maximum absolute atomic E-state index is 6.80. The molecule has 3 heterocycles. The number of anilines is 6. The second-order valence-corrected chi connectivity index (χ2v) is 13.8. The van der Waals surface area contributed by atoms with E-state index in [2.05, 4.69) is 187 Å². The van der Waals surface area contributed by atoms with Crippen LogP contribution in [-0.2, 0) is 0 Å². The van der Waals surface area contributed by atoms with Crippen molar-refractivity contribution in [2.45, 2.75) is 6.92 Å². The average Bonchev–Trinajstić information content (AvgIpc) is 3.53. The molecule has 0 saturated carbocycles. The molecule has 5 heteroatoms. The van der Waals surface area contributed by atoms with Gasteiger partial charge in [-0.3, -0.25) is 0 Å². The van der Waals surface area contributed by atoms with Crippen molar-refractivity contribution >= 4 is 89.9 Å². The number of furan rings is 1. The smallest absolute Gasteiger partial charge is 0.256 e. The molecule has 2 aliphatic heterocycles. The predicted molar refractivity (Wildman–Crippen MR) is 217 cm³/mol. The molecule has 0 aliphatic carbocycles. The van der Waals surface area contributed by atoms with Crippen LogP contribution in [0.5, 0.6) is 11.5 Å². The van der Waals surface area contributed by atoms with Gasteiger partial charge in [-0.05, 0) is 125 Å². The van der Waals surface area contributed by atoms with Crippen LogP contribution in [0.2, 0.25) is 0 Å². The first kappa shape index (κ1) is 29.1. The molecule has 0 unspecified atom stereocenters. The van der Waals surface area contributed by atoms with E-state index in [9.17, 15) is 0 Å². The molecule has 52 heavy (non-hydrogen) atoms. The van der Waals surface area contributed by atoms with Crippen LogP contribution in [0.1, 0.15) is 5.56 Å². The number of ether oxygens (including phenoxy) is 1. The van der Waals surface area contributed by atoms with Gasteiger partial charge in [0.05, 0.1) is 0 Å². The maximum atomic E-state index is 6.80. The van der Waals surface area contributed by atoms with Gasteiger partial charge >= 0.3 is 0 Å². The minimum atomic E-state index is 0.0103. The van der Waals surface area contributed by atoms with Crippen LogP contribution in [0.4, 0.5) is 34.1 Å². The maximum Gasteiger partial charge on any atom is 0.256 e. The van der Waals surface area contributed by atoms with Crippen molar-refractivity contribution in [2.75, 3.05) is 9.80 Å². The predicted octanol–water partition coefficient (Wildman–Crippen LogP) is 10.9. The van der Waals surface area contributed by atoms with E-state index < -0.39 is 0 Å². The number of hydrogen-bond acceptors (Lipinski definition) is 4. The summed E-state index contributed by atoms with van der Waals surface area (Å²) >= 11 is 0. The zero-order chi connectivity index (χ0) is 34.3. The van der Waals surface area contributed by atoms with Gasteiger partial charge in [-0.1, -0.05) is 84.4 Å². The second kappa shape index (κ2) is 11.1. The molecule has 244 valence electrons. The second-order valence-electron chi connectivity index (χ2n) is 13.8. The first-order chi connectivity index (χ1) is 25.7. The minimum absolute atomic E-state index is 0.0103. The first-order valence-corrected chi connectivity index (χ1v) is 17.8. The summed E-state index contributed by atoms with van der Waals surface area (Å²) in [7, 11) is 0. The van der Waals surface area contributed by atoms with E-state index in [0.29, 0.717) is 0 Å². The van der Waals surface area contributed by atoms with Crippen molar-refractivity contribution in [1.82, 2.24) is 0 Å². The highest BCUT2D eigenvalue weighted by Gasteiger charge is 2.42. The summed E-state index contributed by atoms with van der Waals surface area (Å²) in [5.41, 5.74) is 13.3. The van der Waals surface area contributed by atoms with Crippen LogP contribution in [0.3, 0.4) is 0 Å². The highest BCUT2D eigenvalue weighted by atomic mass is 16.5. The first-order valence-electron chi connectivity index (χ1n) is 17.8. The molecule has 0 fully saturated rings. The number of aryl methyl sites for hydroxylation is 1. The third-order valence-corrected chi connectivity index (χ3v) is 10.7. The van der Waals surface area contributed by atoms with Gasteiger partial charge in [0.25, 0.3) is 6.71 Å². The Balaban J connectivity index is 1.06. The number of benzene rings is 8. The molecule has 0 atom stereocenters. The fourth-order valence-electron chi connectivity index (χ4n) is 8.34. The van der Waals surface area contributed by atoms with E-state index in [4.69, 9.17) is 9.15 Å². The molecule has 0 N–H and O–H groups in total. The monoisotopic (exact) mass is 666 g/mol. The summed E-state index contributed by atoms with van der Waals surface area (Å²) in [5, 5.41) is 4.42. The Morgan fingerprint density at radius 2 is 1.19 bits per heavy atom. The van der Waals surface area contributed by atoms with Crippen molar-refractivity contribution in [1.29, 1.82) is 0 Å². The molecule has 0 radical (unpaired) electrons. The standard InChI is InChI=1S/C47H31BN2O2/c1-30-19-22-35(23-20-30)49(33-11-4-2-5-12-33)36-24-21-31-26-37-38-28-46-40(29-45(38)52-44(37)27-32(31)25-36)48-39-15-8-9-16-41(39)50(34-13-6-3-7-14-34)42-17-10-18-43(51-46)47(42)48/h2-29H,1H3. The van der Waals surface area contributed by atoms with Crippen LogP contribution in [0.15, 0.2) is 174 Å². The quantitative estimate of drug-likeness (QED) is 0.175. The lowest BCUT2D eigenvalue weighted by Gasteiger charge is -2.39. The Kier molecular flexibility index (Phi) is 6.23. The minimum Gasteiger partial charge on any atom is -0.458 e. The number of rotatable bonds is 4. The summed E-state index contributed by atoms with van der Waals surface area (Å²) in [6, 6.07) is 60.5. The van der Waals surface area contributed by atoms with Gasteiger partial charge in [-0.15, -0.1) is 0 Å². The summed E-state index contributed by atoms with van der Waals surface area (Å²) < 4.78 is 13.5. The SMILES string of the molecule is Cc1ccc(N(c2ccccc2)c2ccc3cc4c(cc3c2)oc2cc3c(cc24)Oc2cccc4c2B3c2ccccc2N4c2ccccc2)cc1. The third-order valence-electron chi connectivity index (χ3n) is 10.7. The van der Waals surface area contributed by atoms with Crippen LogP contribution in [0.25, 0.3) is 32.7 Å². The van der Waals surface area contributed by atoms with E-state index in [0.717, 1.165) is 78.1 Å². The van der Waals surface area contributed by atoms with Crippen molar-refractivity contribution in [3.63, 3.8) is 0 Å². The van der Waals surface area contributed by atoms with E-state index in [-0.39, 0.29) is 6.71 Å². The molecule has 0 saturated heterocycles. The number of hydrogen-bond donors (Lipinski definition) is 0. The Morgan fingerprint density at radius 3 is 2.04 bits per heavy atom. The molecule has 4 nitrogen and oxygen atoms in total. The van der Waals surface area contributed by atoms with E-state index in [1.54, 1.807) is 0 Å². The molecular formula is C47H31BN2O2. The van der Waals surface area contributed by atoms with Gasteiger partial charge in [-0.25, -0.2) is 0 Å². The number of nitrogens with zero attached hydrogens (tertiary/aromatic N) is 2. The van der Waals surface area contributed by atoms with Crippen LogP contribution in [0, 0.1) is 6.92 Å². The number of fused-ring (bicyclic) bond motifs is 8. The largest absolute Gasteiger partial charge is 0.458 e. The zero-order valence-electron chi connectivity index (χ0n) is 28.5. The normalized spacial score (nSPS) is 12.8. The lowest BCUT2D eigenvalue weighted by atomic mass is 9.34. The van der Waals surface area contributed by atoms with E-state index in [1.807, 2.05) is 0 Å². The third kappa shape index (κ3) is 4.36. The van der Waals surface area contributed by atoms with E-state index >= 15 is 0 Å². The van der Waals surface area contributed by atoms with E-state index in [1.165, 1.54) is 22.2 Å². The molecule has 2 aliphatic rings. The molecular weight excluding hydrogens is 635 g/mol. The van der Waals surface area contributed by atoms with Gasteiger partial charge in [0, 0.05) is 44.9 Å². The summed E-state index contributed by atoms with van der Waals surface area (Å²) in [4.78, 5) is 4.66. The fourth-order valence-corrected chi connectivity index (χ4v) is 8.34. The summed E-state index contributed by atoms with van der Waals surface area (Å²) in [6.45, 7) is 2.13. The topological polar surface area (TPSA) is 28.9 Å². The van der Waals surface area contributed by atoms with Crippen molar-refractivity contribution < 1.29 is 9.15 Å². The molecule has 0 bridgehead atoms. The van der Waals surface area contributed by atoms with Crippen molar-refractivity contribution in [2.24, 2.45) is 0 Å². The molecule has 1 aromatic heterocycles. The van der Waals surface area contributed by atoms with Crippen molar-refractivity contribution in [3.05, 3.63) is 175 Å². The lowest BCUT2D eigenvalue weighted by Crippen LogP contribution is -2.59. The van der Waals surface area contributed by atoms with Gasteiger partial charge in [0.2, 0.25) is 0 Å². The number of para-hydroxylation sites is 3. The van der Waals surface area contributed by atoms with Crippen LogP contribution < -0.4 is 30.9 Å². The molecule has 8 aromatic carbocycles. The Bertz CT molecular complexity index is 2850. The Morgan fingerprint density at radius 1 is 0.500 bits per heavy atom. The highest BCUT2D eigenvalue weighted by molar-refractivity contribution is 6.99. The van der Waals surface area contributed by atoms with Gasteiger partial charge in [-0.2, -0.15) is 0 Å². The van der Waals surface area contributed by atoms with Gasteiger partial charge in [0.15, 0.2) is 0 Å². The molecule has 9 aromatic rings. The Hall–Kier alpha value is -6.72. The van der Waals surface area contributed by atoms with Crippen LogP contribution in [-0.4, -0.2) is 6.71 Å². The van der Waals surface area contributed by atoms with Crippen molar-refractivity contribution in [3.8, 4) is 11.5 Å². The highest BCUT2D eigenvalue weighted by Crippen LogP contribution is 2.43. The molecule has 11 rings (SSSR count). The summed E-state index contributed by atoms with van der Waals surface area (Å²) in [5.74, 6) is 1.77. The fraction of sp³-hybridized carbons (Fsp3) is 0.0213. The Labute approximate surface area is 301 Å². The molecule has 0 spiro atoms. The lowest BCUT2D eigenvalue weighted by molar-refractivity contribution is 0.488. The summed E-state index contributed by atoms with van der Waals surface area (Å²) in [6.07, 6.45) is 0.